The van der Waals surface area contributed by atoms with E-state index in [1.807, 2.05) is 29.3 Å². The van der Waals surface area contributed by atoms with Gasteiger partial charge in [0, 0.05) is 43.2 Å². The lowest BCUT2D eigenvalue weighted by Gasteiger charge is -2.31. The number of aromatic amines is 1. The molecule has 0 radical (unpaired) electrons. The van der Waals surface area contributed by atoms with E-state index in [0.717, 1.165) is 48.4 Å². The van der Waals surface area contributed by atoms with Crippen LogP contribution in [0.3, 0.4) is 0 Å². The van der Waals surface area contributed by atoms with Gasteiger partial charge in [-0.2, -0.15) is 4.98 Å². The fraction of sp³-hybridized carbons (Fsp3) is 0.522. The molecule has 1 saturated carbocycles. The van der Waals surface area contributed by atoms with Crippen LogP contribution in [0.25, 0.3) is 10.9 Å². The highest BCUT2D eigenvalue weighted by atomic mass is 16.5. The quantitative estimate of drug-likeness (QED) is 0.577. The molecular formula is C23H28N4O3. The smallest absolute Gasteiger partial charge is 0.231 e. The zero-order valence-electron chi connectivity index (χ0n) is 17.2. The number of ether oxygens (including phenoxy) is 1. The van der Waals surface area contributed by atoms with Crippen molar-refractivity contribution in [1.82, 2.24) is 20.0 Å². The van der Waals surface area contributed by atoms with Crippen LogP contribution < -0.4 is 0 Å². The molecule has 2 aromatic heterocycles. The molecular weight excluding hydrogens is 380 g/mol. The largest absolute Gasteiger partial charge is 0.381 e. The maximum absolute atomic E-state index is 13.0. The fourth-order valence-corrected chi connectivity index (χ4v) is 4.19. The standard InChI is InChI=1S/C23H28N4O3/c28-22(12-18-13-24-20-6-2-1-5-19(18)20)27-10-3-4-17(14-27)23-25-21(26-30-23)9-11-29-15-16-7-8-16/h1-2,5-6,13,16-17,24H,3-4,7-12,14-15H2. The second-order valence-electron chi connectivity index (χ2n) is 8.53. The van der Waals surface area contributed by atoms with Gasteiger partial charge >= 0.3 is 0 Å². The molecule has 1 aromatic carbocycles. The van der Waals surface area contributed by atoms with E-state index in [4.69, 9.17) is 9.26 Å². The van der Waals surface area contributed by atoms with Crippen LogP contribution in [0.15, 0.2) is 35.0 Å². The third-order valence-corrected chi connectivity index (χ3v) is 6.14. The van der Waals surface area contributed by atoms with Gasteiger partial charge in [-0.3, -0.25) is 4.79 Å². The predicted molar refractivity (Wildman–Crippen MR) is 112 cm³/mol. The summed E-state index contributed by atoms with van der Waals surface area (Å²) in [7, 11) is 0. The Morgan fingerprint density at radius 3 is 3.07 bits per heavy atom. The van der Waals surface area contributed by atoms with Gasteiger partial charge in [0.05, 0.1) is 18.9 Å². The zero-order chi connectivity index (χ0) is 20.3. The van der Waals surface area contributed by atoms with Crippen molar-refractivity contribution in [3.05, 3.63) is 47.7 Å². The van der Waals surface area contributed by atoms with Crippen molar-refractivity contribution in [3.63, 3.8) is 0 Å². The highest BCUT2D eigenvalue weighted by Gasteiger charge is 2.29. The van der Waals surface area contributed by atoms with Crippen LogP contribution in [-0.4, -0.2) is 52.2 Å². The summed E-state index contributed by atoms with van der Waals surface area (Å²) in [6.07, 6.45) is 7.53. The second kappa shape index (κ2) is 8.60. The van der Waals surface area contributed by atoms with E-state index in [2.05, 4.69) is 21.2 Å². The molecule has 1 aliphatic carbocycles. The molecule has 1 atom stereocenters. The number of piperidine rings is 1. The Bertz CT molecular complexity index is 1010. The Balaban J connectivity index is 1.16. The topological polar surface area (TPSA) is 84.2 Å². The average molecular weight is 409 g/mol. The number of aromatic nitrogens is 3. The van der Waals surface area contributed by atoms with Gasteiger partial charge in [-0.15, -0.1) is 0 Å². The van der Waals surface area contributed by atoms with Crippen LogP contribution in [-0.2, 0) is 22.4 Å². The van der Waals surface area contributed by atoms with Gasteiger partial charge in [-0.05, 0) is 43.2 Å². The van der Waals surface area contributed by atoms with Crippen LogP contribution in [0.4, 0.5) is 0 Å². The van der Waals surface area contributed by atoms with Crippen LogP contribution in [0.1, 0.15) is 48.9 Å². The first-order valence-electron chi connectivity index (χ1n) is 11.0. The summed E-state index contributed by atoms with van der Waals surface area (Å²) in [5.74, 6) is 2.37. The molecule has 7 heteroatoms. The maximum atomic E-state index is 13.0. The van der Waals surface area contributed by atoms with Crippen molar-refractivity contribution in [2.75, 3.05) is 26.3 Å². The van der Waals surface area contributed by atoms with Gasteiger partial charge in [-0.25, -0.2) is 0 Å². The Hall–Kier alpha value is -2.67. The predicted octanol–water partition coefficient (Wildman–Crippen LogP) is 3.47. The van der Waals surface area contributed by atoms with E-state index >= 15 is 0 Å². The van der Waals surface area contributed by atoms with Gasteiger partial charge in [0.25, 0.3) is 0 Å². The summed E-state index contributed by atoms with van der Waals surface area (Å²) in [4.78, 5) is 22.7. The number of hydrogen-bond acceptors (Lipinski definition) is 5. The molecule has 7 nitrogen and oxygen atoms in total. The van der Waals surface area contributed by atoms with Crippen molar-refractivity contribution in [3.8, 4) is 0 Å². The van der Waals surface area contributed by atoms with Crippen LogP contribution in [0, 0.1) is 5.92 Å². The van der Waals surface area contributed by atoms with Crippen molar-refractivity contribution < 1.29 is 14.1 Å². The first-order valence-corrected chi connectivity index (χ1v) is 11.0. The van der Waals surface area contributed by atoms with Crippen LogP contribution >= 0.6 is 0 Å². The highest BCUT2D eigenvalue weighted by Crippen LogP contribution is 2.29. The molecule has 30 heavy (non-hydrogen) atoms. The summed E-state index contributed by atoms with van der Waals surface area (Å²) in [5.41, 5.74) is 2.11. The van der Waals surface area contributed by atoms with Crippen molar-refractivity contribution in [1.29, 1.82) is 0 Å². The summed E-state index contributed by atoms with van der Waals surface area (Å²) in [6.45, 7) is 2.91. The molecule has 1 amide bonds. The molecule has 1 saturated heterocycles. The number of likely N-dealkylation sites (tertiary alicyclic amines) is 1. The summed E-state index contributed by atoms with van der Waals surface area (Å²) in [5, 5.41) is 5.23. The number of rotatable bonds is 8. The Morgan fingerprint density at radius 2 is 2.17 bits per heavy atom. The average Bonchev–Trinajstić information content (AvgIpc) is 3.33. The number of carbonyl (C=O) groups excluding carboxylic acids is 1. The number of para-hydroxylation sites is 1. The van der Waals surface area contributed by atoms with E-state index in [-0.39, 0.29) is 11.8 Å². The second-order valence-corrected chi connectivity index (χ2v) is 8.53. The minimum absolute atomic E-state index is 0.110. The van der Waals surface area contributed by atoms with Gasteiger partial charge < -0.3 is 19.1 Å². The van der Waals surface area contributed by atoms with Crippen molar-refractivity contribution >= 4 is 16.8 Å². The summed E-state index contributed by atoms with van der Waals surface area (Å²) in [6, 6.07) is 8.09. The first kappa shape index (κ1) is 19.3. The minimum Gasteiger partial charge on any atom is -0.381 e. The number of fused-ring (bicyclic) bond motifs is 1. The van der Waals surface area contributed by atoms with E-state index < -0.39 is 0 Å². The Labute approximate surface area is 175 Å². The van der Waals surface area contributed by atoms with Crippen LogP contribution in [0.5, 0.6) is 0 Å². The number of carbonyl (C=O) groups is 1. The lowest BCUT2D eigenvalue weighted by Crippen LogP contribution is -2.40. The fourth-order valence-electron chi connectivity index (χ4n) is 4.19. The first-order chi connectivity index (χ1) is 14.8. The lowest BCUT2D eigenvalue weighted by molar-refractivity contribution is -0.131. The van der Waals surface area contributed by atoms with E-state index in [9.17, 15) is 4.79 Å². The van der Waals surface area contributed by atoms with Gasteiger partial charge in [0.1, 0.15) is 0 Å². The SMILES string of the molecule is O=C(Cc1c[nH]c2ccccc12)N1CCCC(c2nc(CCOCC3CC3)no2)C1. The van der Waals surface area contributed by atoms with Gasteiger partial charge in [-0.1, -0.05) is 23.4 Å². The van der Waals surface area contributed by atoms with Crippen molar-refractivity contribution in [2.45, 2.75) is 44.4 Å². The molecule has 3 heterocycles. The monoisotopic (exact) mass is 408 g/mol. The molecule has 5 rings (SSSR count). The number of nitrogens with zero attached hydrogens (tertiary/aromatic N) is 3. The van der Waals surface area contributed by atoms with E-state index in [1.54, 1.807) is 0 Å². The molecule has 3 aromatic rings. The van der Waals surface area contributed by atoms with Crippen LogP contribution in [0.2, 0.25) is 0 Å². The summed E-state index contributed by atoms with van der Waals surface area (Å²) < 4.78 is 11.2. The number of hydrogen-bond donors (Lipinski definition) is 1. The molecule has 2 aliphatic rings. The zero-order valence-corrected chi connectivity index (χ0v) is 17.2. The number of H-pyrrole nitrogens is 1. The molecule has 1 unspecified atom stereocenters. The van der Waals surface area contributed by atoms with E-state index in [1.165, 1.54) is 12.8 Å². The summed E-state index contributed by atoms with van der Waals surface area (Å²) >= 11 is 0. The molecule has 0 bridgehead atoms. The highest BCUT2D eigenvalue weighted by molar-refractivity contribution is 5.88. The Kier molecular flexibility index (Phi) is 5.53. The normalized spacial score (nSPS) is 19.5. The third kappa shape index (κ3) is 4.41. The molecule has 0 spiro atoms. The maximum Gasteiger partial charge on any atom is 0.231 e. The molecule has 1 aliphatic heterocycles. The van der Waals surface area contributed by atoms with E-state index in [0.29, 0.717) is 37.7 Å². The molecule has 1 N–H and O–H groups in total. The van der Waals surface area contributed by atoms with Gasteiger partial charge in [0.15, 0.2) is 5.82 Å². The third-order valence-electron chi connectivity index (χ3n) is 6.14. The number of benzene rings is 1. The lowest BCUT2D eigenvalue weighted by atomic mass is 9.97. The number of amides is 1. The van der Waals surface area contributed by atoms with Crippen molar-refractivity contribution in [2.24, 2.45) is 5.92 Å². The Morgan fingerprint density at radius 1 is 1.27 bits per heavy atom. The molecule has 2 fully saturated rings. The molecule has 158 valence electrons. The van der Waals surface area contributed by atoms with Gasteiger partial charge in [0.2, 0.25) is 11.8 Å². The minimum atomic E-state index is 0.110. The number of nitrogens with one attached hydrogen (secondary N) is 1.